The Balaban J connectivity index is 1.08. The van der Waals surface area contributed by atoms with Gasteiger partial charge in [0.1, 0.15) is 0 Å². The van der Waals surface area contributed by atoms with E-state index in [0.29, 0.717) is 22.9 Å². The van der Waals surface area contributed by atoms with Crippen molar-refractivity contribution in [3.05, 3.63) is 200 Å². The van der Waals surface area contributed by atoms with Crippen LogP contribution in [0.3, 0.4) is 0 Å². The first-order valence-electron chi connectivity index (χ1n) is 23.0. The molecule has 0 atom stereocenters. The fourth-order valence-electron chi connectivity index (χ4n) is 8.21. The van der Waals surface area contributed by atoms with Gasteiger partial charge in [-0.25, -0.2) is 15.0 Å². The van der Waals surface area contributed by atoms with Crippen molar-refractivity contribution in [2.24, 2.45) is 0 Å². The third kappa shape index (κ3) is 5.69. The van der Waals surface area contributed by atoms with Gasteiger partial charge in [-0.05, 0) is 82.2 Å². The molecule has 12 rings (SSSR count). The van der Waals surface area contributed by atoms with Crippen molar-refractivity contribution in [1.29, 1.82) is 0 Å². The second-order valence-corrected chi connectivity index (χ2v) is 15.6. The van der Waals surface area contributed by atoms with Crippen molar-refractivity contribution in [3.8, 4) is 62.1 Å². The highest BCUT2D eigenvalue weighted by molar-refractivity contribution is 7.26. The molecule has 0 aliphatic carbocycles. The van der Waals surface area contributed by atoms with Gasteiger partial charge in [0.25, 0.3) is 0 Å². The second-order valence-electron chi connectivity index (χ2n) is 14.5. The van der Waals surface area contributed by atoms with E-state index in [1.165, 1.54) is 31.8 Å². The van der Waals surface area contributed by atoms with Crippen molar-refractivity contribution >= 4 is 64.1 Å². The third-order valence-electron chi connectivity index (χ3n) is 11.0. The first-order valence-corrected chi connectivity index (χ1v) is 20.3. The molecule has 0 aliphatic rings. The summed E-state index contributed by atoms with van der Waals surface area (Å²) in [5.41, 5.74) is 7.05. The molecule has 280 valence electrons. The van der Waals surface area contributed by atoms with Gasteiger partial charge < -0.3 is 4.57 Å². The molecule has 12 aromatic rings. The summed E-state index contributed by atoms with van der Waals surface area (Å²) in [7, 11) is 0. The maximum absolute atomic E-state index is 9.17. The lowest BCUT2D eigenvalue weighted by atomic mass is 9.99. The molecule has 8 aromatic carbocycles. The van der Waals surface area contributed by atoms with Crippen LogP contribution in [0.4, 0.5) is 0 Å². The Bertz CT molecular complexity index is 4040. The van der Waals surface area contributed by atoms with Crippen LogP contribution in [0.5, 0.6) is 0 Å². The van der Waals surface area contributed by atoms with E-state index in [9.17, 15) is 0 Å². The smallest absolute Gasteiger partial charge is 0.166 e. The van der Waals surface area contributed by atoms with Gasteiger partial charge in [0.2, 0.25) is 0 Å². The van der Waals surface area contributed by atoms with Gasteiger partial charge in [-0.1, -0.05) is 133 Å². The Kier molecular flexibility index (Phi) is 6.45. The quantitative estimate of drug-likeness (QED) is 0.168. The third-order valence-corrected chi connectivity index (χ3v) is 12.3. The highest BCUT2D eigenvalue weighted by Gasteiger charge is 2.20. The lowest BCUT2D eigenvalue weighted by Gasteiger charge is -2.15. The molecule has 0 unspecified atom stereocenters. The topological polar surface area (TPSA) is 56.5 Å². The number of pyridine rings is 1. The summed E-state index contributed by atoms with van der Waals surface area (Å²) in [5, 5.41) is 4.44. The van der Waals surface area contributed by atoms with Crippen molar-refractivity contribution < 1.29 is 9.60 Å². The largest absolute Gasteiger partial charge is 0.309 e. The van der Waals surface area contributed by atoms with Crippen LogP contribution in [0.25, 0.3) is 115 Å². The number of para-hydroxylation sites is 3. The first kappa shape index (κ1) is 27.8. The summed E-state index contributed by atoms with van der Waals surface area (Å²) in [6.07, 6.45) is 3.54. The summed E-state index contributed by atoms with van der Waals surface area (Å²) in [6, 6.07) is 45.9. The van der Waals surface area contributed by atoms with Gasteiger partial charge in [0.05, 0.1) is 26.3 Å². The summed E-state index contributed by atoms with van der Waals surface area (Å²) < 4.78 is 66.0. The standard InChI is InChI=1S/C54H33N5S/c1-2-12-34(13-3-1)35-26-27-50-46(32-35)44-20-11-19-41(51(44)60-50)37-14-10-15-38(31-37)52-56-53(39-24-25-40-33-55-29-28-36(40)30-39)58-54(57-52)45-18-6-9-23-49(45)59-47-21-7-4-16-42(47)43-17-5-8-22-48(43)59/h1-33H/i4D,5D,7D,16D,17D,21D,22D. The number of benzene rings is 8. The first-order chi connectivity index (χ1) is 32.6. The minimum Gasteiger partial charge on any atom is -0.309 e. The average molecular weight is 791 g/mol. The number of thiophene rings is 1. The number of nitrogens with zero attached hydrogens (tertiary/aromatic N) is 5. The van der Waals surface area contributed by atoms with Gasteiger partial charge in [-0.15, -0.1) is 11.3 Å². The maximum Gasteiger partial charge on any atom is 0.166 e. The summed E-state index contributed by atoms with van der Waals surface area (Å²) >= 11 is 1.77. The zero-order valence-corrected chi connectivity index (χ0v) is 32.5. The van der Waals surface area contributed by atoms with Crippen LogP contribution in [0, 0.1) is 0 Å². The van der Waals surface area contributed by atoms with Gasteiger partial charge in [-0.3, -0.25) is 4.98 Å². The fraction of sp³-hybridized carbons (Fsp3) is 0. The van der Waals surface area contributed by atoms with E-state index in [-0.39, 0.29) is 57.8 Å². The van der Waals surface area contributed by atoms with Gasteiger partial charge in [-0.2, -0.15) is 0 Å². The van der Waals surface area contributed by atoms with Crippen LogP contribution >= 0.6 is 11.3 Å². The molecule has 0 radical (unpaired) electrons. The molecule has 0 spiro atoms. The number of hydrogen-bond acceptors (Lipinski definition) is 5. The Morgan fingerprint density at radius 3 is 2.08 bits per heavy atom. The van der Waals surface area contributed by atoms with Crippen molar-refractivity contribution in [2.75, 3.05) is 0 Å². The Morgan fingerprint density at radius 2 is 1.17 bits per heavy atom. The summed E-state index contributed by atoms with van der Waals surface area (Å²) in [6.45, 7) is 0. The fourth-order valence-corrected chi connectivity index (χ4v) is 9.42. The van der Waals surface area contributed by atoms with Gasteiger partial charge in [0, 0.05) is 65.4 Å². The normalized spacial score (nSPS) is 13.3. The van der Waals surface area contributed by atoms with Crippen molar-refractivity contribution in [3.63, 3.8) is 0 Å². The van der Waals surface area contributed by atoms with Gasteiger partial charge >= 0.3 is 0 Å². The number of rotatable bonds is 6. The van der Waals surface area contributed by atoms with Crippen LogP contribution in [0.2, 0.25) is 0 Å². The van der Waals surface area contributed by atoms with Crippen LogP contribution < -0.4 is 0 Å². The molecule has 4 aromatic heterocycles. The van der Waals surface area contributed by atoms with E-state index in [1.807, 2.05) is 54.6 Å². The summed E-state index contributed by atoms with van der Waals surface area (Å²) in [5.74, 6) is 1.08. The molecule has 0 bridgehead atoms. The lowest BCUT2D eigenvalue weighted by molar-refractivity contribution is 1.06. The maximum atomic E-state index is 9.17. The molecule has 0 aliphatic heterocycles. The molecule has 0 saturated heterocycles. The van der Waals surface area contributed by atoms with Crippen LogP contribution in [-0.2, 0) is 0 Å². The SMILES string of the molecule is [2H]c1cc([2H])c2c(c1[2H])c1c([2H])c([2H])c([2H])c([2H])c1n2-c1ccccc1-c1nc(-c2cccc(-c3cccc4c3sc3ccc(-c5ccccc5)cc34)c2)nc(-c2ccc3cnccc3c2)n1. The number of fused-ring (bicyclic) bond motifs is 7. The highest BCUT2D eigenvalue weighted by atomic mass is 32.1. The van der Waals surface area contributed by atoms with Gasteiger partial charge in [0.15, 0.2) is 17.5 Å². The van der Waals surface area contributed by atoms with Crippen LogP contribution in [0.1, 0.15) is 9.60 Å². The number of hydrogen-bond donors (Lipinski definition) is 0. The molecule has 0 N–H and O–H groups in total. The Labute approximate surface area is 359 Å². The molecule has 0 amide bonds. The molecule has 4 heterocycles. The van der Waals surface area contributed by atoms with Crippen LogP contribution in [0.15, 0.2) is 200 Å². The predicted molar refractivity (Wildman–Crippen MR) is 250 cm³/mol. The van der Waals surface area contributed by atoms with E-state index >= 15 is 0 Å². The Hall–Kier alpha value is -7.80. The molecular weight excluding hydrogens is 751 g/mol. The molecule has 0 saturated carbocycles. The predicted octanol–water partition coefficient (Wildman–Crippen LogP) is 14.2. The average Bonchev–Trinajstić information content (AvgIpc) is 3.94. The van der Waals surface area contributed by atoms with E-state index in [1.54, 1.807) is 40.4 Å². The molecule has 60 heavy (non-hydrogen) atoms. The van der Waals surface area contributed by atoms with E-state index in [0.717, 1.165) is 38.6 Å². The Morgan fingerprint density at radius 1 is 0.450 bits per heavy atom. The zero-order chi connectivity index (χ0) is 45.7. The molecule has 5 nitrogen and oxygen atoms in total. The second kappa shape index (κ2) is 13.9. The molecular formula is C54H33N5S. The lowest BCUT2D eigenvalue weighted by Crippen LogP contribution is -2.03. The van der Waals surface area contributed by atoms with E-state index in [4.69, 9.17) is 24.5 Å². The highest BCUT2D eigenvalue weighted by Crippen LogP contribution is 2.42. The minimum absolute atomic E-state index is 0.0631. The van der Waals surface area contributed by atoms with E-state index in [2.05, 4.69) is 77.8 Å². The number of aromatic nitrogens is 5. The van der Waals surface area contributed by atoms with Crippen molar-refractivity contribution in [2.45, 2.75) is 0 Å². The minimum atomic E-state index is -0.466. The van der Waals surface area contributed by atoms with Crippen molar-refractivity contribution in [1.82, 2.24) is 24.5 Å². The van der Waals surface area contributed by atoms with E-state index < -0.39 is 12.1 Å². The summed E-state index contributed by atoms with van der Waals surface area (Å²) in [4.78, 5) is 19.7. The monoisotopic (exact) mass is 790 g/mol. The van der Waals surface area contributed by atoms with Crippen LogP contribution in [-0.4, -0.2) is 24.5 Å². The molecule has 0 fully saturated rings. The zero-order valence-electron chi connectivity index (χ0n) is 38.7. The molecule has 6 heteroatoms.